The Hall–Kier alpha value is -1.15. The van der Waals surface area contributed by atoms with E-state index in [1.54, 1.807) is 6.92 Å². The van der Waals surface area contributed by atoms with Crippen LogP contribution in [0.15, 0.2) is 30.3 Å². The monoisotopic (exact) mass is 220 g/mol. The molecule has 1 atom stereocenters. The Morgan fingerprint density at radius 2 is 1.88 bits per heavy atom. The number of Topliss-reactive ketones (excluding diaryl/α,β-unsaturated/α-hetero) is 1. The van der Waals surface area contributed by atoms with Crippen molar-refractivity contribution in [1.82, 2.24) is 0 Å². The normalized spacial score (nSPS) is 14.4. The van der Waals surface area contributed by atoms with Gasteiger partial charge in [0.15, 0.2) is 0 Å². The van der Waals surface area contributed by atoms with E-state index in [4.69, 9.17) is 0 Å². The van der Waals surface area contributed by atoms with Gasteiger partial charge in [0.1, 0.15) is 5.78 Å². The summed E-state index contributed by atoms with van der Waals surface area (Å²) in [6.07, 6.45) is 2.45. The van der Waals surface area contributed by atoms with Gasteiger partial charge < -0.3 is 5.11 Å². The molecule has 1 aromatic rings. The number of benzene rings is 1. The average Bonchev–Trinajstić information content (AvgIpc) is 2.28. The summed E-state index contributed by atoms with van der Waals surface area (Å²) in [5.74, 6) is 0.235. The molecule has 0 aliphatic heterocycles. The maximum atomic E-state index is 11.4. The highest BCUT2D eigenvalue weighted by atomic mass is 16.3. The quantitative estimate of drug-likeness (QED) is 0.800. The lowest BCUT2D eigenvalue weighted by molar-refractivity contribution is -0.120. The first-order chi connectivity index (χ1) is 7.56. The number of hydrogen-bond donors (Lipinski definition) is 1. The highest BCUT2D eigenvalue weighted by Crippen LogP contribution is 2.25. The lowest BCUT2D eigenvalue weighted by atomic mass is 9.90. The van der Waals surface area contributed by atoms with E-state index in [1.165, 1.54) is 0 Å². The SMILES string of the molecule is CCCC(=O)CCC(C)(O)c1ccccc1. The van der Waals surface area contributed by atoms with Gasteiger partial charge in [-0.3, -0.25) is 4.79 Å². The van der Waals surface area contributed by atoms with Crippen LogP contribution in [0.3, 0.4) is 0 Å². The van der Waals surface area contributed by atoms with Crippen molar-refractivity contribution in [2.75, 3.05) is 0 Å². The third-order valence-corrected chi connectivity index (χ3v) is 2.82. The highest BCUT2D eigenvalue weighted by molar-refractivity contribution is 5.78. The van der Waals surface area contributed by atoms with Gasteiger partial charge in [0.2, 0.25) is 0 Å². The fraction of sp³-hybridized carbons (Fsp3) is 0.500. The van der Waals surface area contributed by atoms with Crippen molar-refractivity contribution in [2.45, 2.75) is 45.1 Å². The molecule has 88 valence electrons. The van der Waals surface area contributed by atoms with E-state index in [-0.39, 0.29) is 5.78 Å². The van der Waals surface area contributed by atoms with Crippen LogP contribution >= 0.6 is 0 Å². The van der Waals surface area contributed by atoms with Gasteiger partial charge >= 0.3 is 0 Å². The van der Waals surface area contributed by atoms with Crippen molar-refractivity contribution in [3.05, 3.63) is 35.9 Å². The second-order valence-corrected chi connectivity index (χ2v) is 4.43. The third kappa shape index (κ3) is 3.78. The summed E-state index contributed by atoms with van der Waals surface area (Å²) in [6.45, 7) is 3.76. The van der Waals surface area contributed by atoms with Gasteiger partial charge in [0, 0.05) is 12.8 Å². The van der Waals surface area contributed by atoms with Crippen LogP contribution < -0.4 is 0 Å². The van der Waals surface area contributed by atoms with Crippen molar-refractivity contribution in [3.63, 3.8) is 0 Å². The van der Waals surface area contributed by atoms with E-state index in [2.05, 4.69) is 0 Å². The van der Waals surface area contributed by atoms with Crippen LogP contribution in [0.2, 0.25) is 0 Å². The molecule has 0 aliphatic rings. The lowest BCUT2D eigenvalue weighted by Gasteiger charge is -2.23. The summed E-state index contributed by atoms with van der Waals surface area (Å²) in [4.78, 5) is 11.4. The van der Waals surface area contributed by atoms with Gasteiger partial charge in [0.25, 0.3) is 0 Å². The summed E-state index contributed by atoms with van der Waals surface area (Å²) < 4.78 is 0. The van der Waals surface area contributed by atoms with Crippen molar-refractivity contribution in [3.8, 4) is 0 Å². The summed E-state index contributed by atoms with van der Waals surface area (Å²) in [5, 5.41) is 10.3. The summed E-state index contributed by atoms with van der Waals surface area (Å²) >= 11 is 0. The molecule has 1 aromatic carbocycles. The Morgan fingerprint density at radius 3 is 2.44 bits per heavy atom. The number of aliphatic hydroxyl groups is 1. The van der Waals surface area contributed by atoms with Crippen LogP contribution in [0.1, 0.15) is 45.1 Å². The zero-order chi connectivity index (χ0) is 12.0. The molecule has 1 unspecified atom stereocenters. The molecule has 1 N–H and O–H groups in total. The highest BCUT2D eigenvalue weighted by Gasteiger charge is 2.23. The molecule has 2 nitrogen and oxygen atoms in total. The van der Waals surface area contributed by atoms with E-state index >= 15 is 0 Å². The van der Waals surface area contributed by atoms with E-state index in [0.29, 0.717) is 19.3 Å². The maximum absolute atomic E-state index is 11.4. The van der Waals surface area contributed by atoms with E-state index in [1.807, 2.05) is 37.3 Å². The first-order valence-corrected chi connectivity index (χ1v) is 5.86. The van der Waals surface area contributed by atoms with Crippen LogP contribution in [-0.2, 0) is 10.4 Å². The largest absolute Gasteiger partial charge is 0.385 e. The summed E-state index contributed by atoms with van der Waals surface area (Å²) in [5.41, 5.74) is -0.0238. The Balaban J connectivity index is 2.55. The number of rotatable bonds is 6. The average molecular weight is 220 g/mol. The van der Waals surface area contributed by atoms with Gasteiger partial charge in [-0.15, -0.1) is 0 Å². The molecular weight excluding hydrogens is 200 g/mol. The first-order valence-electron chi connectivity index (χ1n) is 5.86. The third-order valence-electron chi connectivity index (χ3n) is 2.82. The molecule has 16 heavy (non-hydrogen) atoms. The Bertz CT molecular complexity index is 328. The van der Waals surface area contributed by atoms with Gasteiger partial charge in [-0.2, -0.15) is 0 Å². The van der Waals surface area contributed by atoms with Crippen molar-refractivity contribution in [1.29, 1.82) is 0 Å². The molecule has 0 bridgehead atoms. The van der Waals surface area contributed by atoms with E-state index < -0.39 is 5.60 Å². The Kier molecular flexibility index (Phi) is 4.69. The molecule has 0 radical (unpaired) electrons. The first kappa shape index (κ1) is 12.9. The lowest BCUT2D eigenvalue weighted by Crippen LogP contribution is -2.22. The number of hydrogen-bond acceptors (Lipinski definition) is 2. The topological polar surface area (TPSA) is 37.3 Å². The zero-order valence-corrected chi connectivity index (χ0v) is 10.1. The van der Waals surface area contributed by atoms with Crippen LogP contribution in [-0.4, -0.2) is 10.9 Å². The molecule has 0 aliphatic carbocycles. The molecule has 0 spiro atoms. The number of ketones is 1. The smallest absolute Gasteiger partial charge is 0.133 e. The maximum Gasteiger partial charge on any atom is 0.133 e. The second-order valence-electron chi connectivity index (χ2n) is 4.43. The predicted molar refractivity (Wildman–Crippen MR) is 65.2 cm³/mol. The molecule has 0 aromatic heterocycles. The van der Waals surface area contributed by atoms with Crippen LogP contribution in [0.4, 0.5) is 0 Å². The molecule has 2 heteroatoms. The zero-order valence-electron chi connectivity index (χ0n) is 10.1. The van der Waals surface area contributed by atoms with Gasteiger partial charge in [0.05, 0.1) is 5.60 Å². The molecule has 0 saturated carbocycles. The van der Waals surface area contributed by atoms with Crippen LogP contribution in [0.5, 0.6) is 0 Å². The minimum atomic E-state index is -0.898. The number of carbonyl (C=O) groups excluding carboxylic acids is 1. The molecule has 0 saturated heterocycles. The fourth-order valence-corrected chi connectivity index (χ4v) is 1.73. The predicted octanol–water partition coefficient (Wildman–Crippen LogP) is 3.04. The molecular formula is C14H20O2. The van der Waals surface area contributed by atoms with E-state index in [9.17, 15) is 9.90 Å². The van der Waals surface area contributed by atoms with Crippen molar-refractivity contribution in [2.24, 2.45) is 0 Å². The van der Waals surface area contributed by atoms with Gasteiger partial charge in [-0.1, -0.05) is 37.3 Å². The molecule has 1 rings (SSSR count). The fourth-order valence-electron chi connectivity index (χ4n) is 1.73. The minimum absolute atomic E-state index is 0.235. The molecule has 0 heterocycles. The summed E-state index contributed by atoms with van der Waals surface area (Å²) in [7, 11) is 0. The Labute approximate surface area is 97.3 Å². The second kappa shape index (κ2) is 5.80. The minimum Gasteiger partial charge on any atom is -0.385 e. The Morgan fingerprint density at radius 1 is 1.25 bits per heavy atom. The molecule has 0 amide bonds. The van der Waals surface area contributed by atoms with Crippen molar-refractivity contribution < 1.29 is 9.90 Å². The van der Waals surface area contributed by atoms with Gasteiger partial charge in [-0.25, -0.2) is 0 Å². The number of carbonyl (C=O) groups is 1. The van der Waals surface area contributed by atoms with Crippen LogP contribution in [0, 0.1) is 0 Å². The molecule has 0 fully saturated rings. The van der Waals surface area contributed by atoms with E-state index in [0.717, 1.165) is 12.0 Å². The van der Waals surface area contributed by atoms with Crippen LogP contribution in [0.25, 0.3) is 0 Å². The van der Waals surface area contributed by atoms with Crippen molar-refractivity contribution >= 4 is 5.78 Å². The summed E-state index contributed by atoms with van der Waals surface area (Å²) in [6, 6.07) is 9.51. The standard InChI is InChI=1S/C14H20O2/c1-3-7-13(15)10-11-14(2,16)12-8-5-4-6-9-12/h4-6,8-9,16H,3,7,10-11H2,1-2H3. The van der Waals surface area contributed by atoms with Gasteiger partial charge in [-0.05, 0) is 25.3 Å².